The lowest BCUT2D eigenvalue weighted by molar-refractivity contribution is 0.123. The molecular weight excluding hydrogens is 234 g/mol. The molecule has 0 spiro atoms. The third-order valence-corrected chi connectivity index (χ3v) is 3.06. The number of benzene rings is 1. The van der Waals surface area contributed by atoms with Crippen LogP contribution in [0.25, 0.3) is 0 Å². The van der Waals surface area contributed by atoms with Crippen LogP contribution in [0.15, 0.2) is 10.5 Å². The molecule has 0 fully saturated rings. The average Bonchev–Trinajstić information content (AvgIpc) is 2.09. The number of hydrogen-bond acceptors (Lipinski definition) is 3. The van der Waals surface area contributed by atoms with Gasteiger partial charge in [-0.3, -0.25) is 4.84 Å². The van der Waals surface area contributed by atoms with Crippen LogP contribution >= 0.6 is 15.9 Å². The van der Waals surface area contributed by atoms with Crippen LogP contribution in [-0.4, -0.2) is 5.11 Å². The van der Waals surface area contributed by atoms with Gasteiger partial charge in [-0.05, 0) is 52.5 Å². The van der Waals surface area contributed by atoms with Gasteiger partial charge in [0.1, 0.15) is 5.75 Å². The fourth-order valence-electron chi connectivity index (χ4n) is 1.28. The van der Waals surface area contributed by atoms with Crippen LogP contribution in [0.1, 0.15) is 16.7 Å². The van der Waals surface area contributed by atoms with E-state index in [1.54, 1.807) is 6.07 Å². The van der Waals surface area contributed by atoms with Crippen molar-refractivity contribution in [2.24, 2.45) is 5.90 Å². The lowest BCUT2D eigenvalue weighted by atomic mass is 10.0. The lowest BCUT2D eigenvalue weighted by Gasteiger charge is -2.11. The Balaban J connectivity index is 3.26. The molecule has 13 heavy (non-hydrogen) atoms. The van der Waals surface area contributed by atoms with Crippen LogP contribution in [0, 0.1) is 13.8 Å². The lowest BCUT2D eigenvalue weighted by Crippen LogP contribution is -2.03. The van der Waals surface area contributed by atoms with Gasteiger partial charge in [-0.25, -0.2) is 5.90 Å². The molecule has 4 heteroatoms. The van der Waals surface area contributed by atoms with Gasteiger partial charge >= 0.3 is 0 Å². The molecule has 0 aliphatic rings. The highest BCUT2D eigenvalue weighted by atomic mass is 79.9. The van der Waals surface area contributed by atoms with E-state index in [1.807, 2.05) is 13.8 Å². The summed E-state index contributed by atoms with van der Waals surface area (Å²) < 4.78 is 0.699. The minimum Gasteiger partial charge on any atom is -0.507 e. The van der Waals surface area contributed by atoms with E-state index in [0.717, 1.165) is 16.7 Å². The summed E-state index contributed by atoms with van der Waals surface area (Å²) in [5.74, 6) is 5.25. The molecule has 0 saturated heterocycles. The molecule has 0 heterocycles. The van der Waals surface area contributed by atoms with Gasteiger partial charge in [-0.15, -0.1) is 0 Å². The summed E-state index contributed by atoms with van der Waals surface area (Å²) in [7, 11) is 0. The second-order valence-corrected chi connectivity index (χ2v) is 3.73. The van der Waals surface area contributed by atoms with Gasteiger partial charge in [0.2, 0.25) is 0 Å². The zero-order valence-electron chi connectivity index (χ0n) is 7.60. The molecule has 3 nitrogen and oxygen atoms in total. The van der Waals surface area contributed by atoms with Crippen molar-refractivity contribution in [2.75, 3.05) is 0 Å². The molecule has 0 aliphatic heterocycles. The van der Waals surface area contributed by atoms with Crippen molar-refractivity contribution >= 4 is 15.9 Å². The number of aromatic hydroxyl groups is 1. The van der Waals surface area contributed by atoms with Crippen molar-refractivity contribution in [1.82, 2.24) is 0 Å². The number of hydrogen-bond donors (Lipinski definition) is 2. The Morgan fingerprint density at radius 3 is 2.69 bits per heavy atom. The maximum Gasteiger partial charge on any atom is 0.130 e. The van der Waals surface area contributed by atoms with Crippen molar-refractivity contribution in [2.45, 2.75) is 20.5 Å². The molecule has 0 unspecified atom stereocenters. The number of phenolic OH excluding ortho intramolecular Hbond substituents is 1. The third kappa shape index (κ3) is 2.02. The molecule has 0 amide bonds. The van der Waals surface area contributed by atoms with Gasteiger partial charge in [-0.2, -0.15) is 0 Å². The smallest absolute Gasteiger partial charge is 0.130 e. The Kier molecular flexibility index (Phi) is 3.30. The number of phenols is 1. The van der Waals surface area contributed by atoms with E-state index in [9.17, 15) is 5.11 Å². The first-order valence-electron chi connectivity index (χ1n) is 3.87. The van der Waals surface area contributed by atoms with Gasteiger partial charge in [-0.1, -0.05) is 0 Å². The number of halogens is 1. The Morgan fingerprint density at radius 1 is 1.54 bits per heavy atom. The van der Waals surface area contributed by atoms with E-state index in [-0.39, 0.29) is 5.75 Å². The fraction of sp³-hybridized carbons (Fsp3) is 0.333. The van der Waals surface area contributed by atoms with Crippen LogP contribution in [0.3, 0.4) is 0 Å². The van der Waals surface area contributed by atoms with Crippen molar-refractivity contribution in [1.29, 1.82) is 0 Å². The fourth-order valence-corrected chi connectivity index (χ4v) is 1.64. The Hall–Kier alpha value is -0.580. The molecule has 0 saturated carbocycles. The normalized spacial score (nSPS) is 10.5. The van der Waals surface area contributed by atoms with Crippen LogP contribution in [-0.2, 0) is 11.4 Å². The zero-order valence-corrected chi connectivity index (χ0v) is 9.18. The molecule has 3 N–H and O–H groups in total. The first-order chi connectivity index (χ1) is 6.07. The first kappa shape index (κ1) is 10.5. The topological polar surface area (TPSA) is 55.5 Å². The Labute approximate surface area is 85.6 Å². The van der Waals surface area contributed by atoms with E-state index in [2.05, 4.69) is 20.8 Å². The number of rotatable bonds is 2. The zero-order chi connectivity index (χ0) is 10.0. The molecule has 0 bridgehead atoms. The summed E-state index contributed by atoms with van der Waals surface area (Å²) in [5.41, 5.74) is 2.94. The van der Waals surface area contributed by atoms with Crippen molar-refractivity contribution in [3.05, 3.63) is 27.2 Å². The summed E-state index contributed by atoms with van der Waals surface area (Å²) in [6.45, 7) is 4.18. The predicted molar refractivity (Wildman–Crippen MR) is 54.3 cm³/mol. The monoisotopic (exact) mass is 245 g/mol. The first-order valence-corrected chi connectivity index (χ1v) is 4.66. The highest BCUT2D eigenvalue weighted by Gasteiger charge is 2.10. The highest BCUT2D eigenvalue weighted by molar-refractivity contribution is 9.10. The van der Waals surface area contributed by atoms with Crippen LogP contribution in [0.5, 0.6) is 5.75 Å². The quantitative estimate of drug-likeness (QED) is 0.786. The largest absolute Gasteiger partial charge is 0.507 e. The average molecular weight is 246 g/mol. The SMILES string of the molecule is Cc1cc(O)c(Br)c(C)c1CON. The van der Waals surface area contributed by atoms with Crippen molar-refractivity contribution < 1.29 is 9.94 Å². The summed E-state index contributed by atoms with van der Waals surface area (Å²) in [6, 6.07) is 1.69. The molecule has 1 aromatic rings. The van der Waals surface area contributed by atoms with E-state index >= 15 is 0 Å². The van der Waals surface area contributed by atoms with E-state index in [0.29, 0.717) is 11.1 Å². The number of aryl methyl sites for hydroxylation is 1. The van der Waals surface area contributed by atoms with E-state index in [4.69, 9.17) is 5.90 Å². The molecular formula is C9H12BrNO2. The van der Waals surface area contributed by atoms with Gasteiger partial charge in [0.25, 0.3) is 0 Å². The predicted octanol–water partition coefficient (Wildman–Crippen LogP) is 2.16. The molecule has 0 atom stereocenters. The van der Waals surface area contributed by atoms with Gasteiger partial charge in [0.05, 0.1) is 11.1 Å². The number of nitrogens with two attached hydrogens (primary N) is 1. The summed E-state index contributed by atoms with van der Waals surface area (Å²) in [5, 5.41) is 9.45. The van der Waals surface area contributed by atoms with Crippen molar-refractivity contribution in [3.63, 3.8) is 0 Å². The molecule has 72 valence electrons. The molecule has 0 aromatic heterocycles. The van der Waals surface area contributed by atoms with Gasteiger partial charge < -0.3 is 5.11 Å². The second-order valence-electron chi connectivity index (χ2n) is 2.94. The highest BCUT2D eigenvalue weighted by Crippen LogP contribution is 2.32. The summed E-state index contributed by atoms with van der Waals surface area (Å²) >= 11 is 3.29. The van der Waals surface area contributed by atoms with Crippen molar-refractivity contribution in [3.8, 4) is 5.75 Å². The Bertz CT molecular complexity index is 326. The minimum atomic E-state index is 0.246. The van der Waals surface area contributed by atoms with Gasteiger partial charge in [0, 0.05) is 0 Å². The maximum atomic E-state index is 9.45. The maximum absolute atomic E-state index is 9.45. The van der Waals surface area contributed by atoms with Crippen LogP contribution in [0.2, 0.25) is 0 Å². The summed E-state index contributed by atoms with van der Waals surface area (Å²) in [6.07, 6.45) is 0. The van der Waals surface area contributed by atoms with Gasteiger partial charge in [0.15, 0.2) is 0 Å². The van der Waals surface area contributed by atoms with E-state index < -0.39 is 0 Å². The molecule has 0 aliphatic carbocycles. The minimum absolute atomic E-state index is 0.246. The molecule has 1 rings (SSSR count). The third-order valence-electron chi connectivity index (χ3n) is 2.06. The standard InChI is InChI=1S/C9H12BrNO2/c1-5-3-8(12)9(10)6(2)7(5)4-13-11/h3,12H,4,11H2,1-2H3. The Morgan fingerprint density at radius 2 is 2.15 bits per heavy atom. The van der Waals surface area contributed by atoms with E-state index in [1.165, 1.54) is 0 Å². The second kappa shape index (κ2) is 4.09. The van der Waals surface area contributed by atoms with Crippen LogP contribution < -0.4 is 5.90 Å². The molecule has 1 aromatic carbocycles. The summed E-state index contributed by atoms with van der Waals surface area (Å²) in [4.78, 5) is 4.58. The van der Waals surface area contributed by atoms with Crippen LogP contribution in [0.4, 0.5) is 0 Å². The molecule has 0 radical (unpaired) electrons.